The summed E-state index contributed by atoms with van der Waals surface area (Å²) < 4.78 is 11.0. The molecule has 0 spiro atoms. The third-order valence-electron chi connectivity index (χ3n) is 17.7. The van der Waals surface area contributed by atoms with E-state index in [1.165, 1.54) is 33.3 Å². The van der Waals surface area contributed by atoms with E-state index in [4.69, 9.17) is 9.47 Å². The van der Waals surface area contributed by atoms with Crippen LogP contribution in [0.2, 0.25) is 0 Å². The number of likely N-dealkylation sites (N-methyl/N-ethyl adjacent to an activating group) is 1. The number of Topliss-reactive ketones (excluding diaryl/α,β-unsaturated/α-hetero) is 2. The van der Waals surface area contributed by atoms with Crippen LogP contribution in [-0.2, 0) is 79.8 Å². The summed E-state index contributed by atoms with van der Waals surface area (Å²) in [6, 6.07) is 0.496. The number of ether oxygens (including phenoxy) is 2. The van der Waals surface area contributed by atoms with Gasteiger partial charge in [-0.05, 0) is 82.7 Å². The number of aliphatic carboxylic acids is 3. The van der Waals surface area contributed by atoms with Gasteiger partial charge in [0.2, 0.25) is 35.4 Å². The van der Waals surface area contributed by atoms with Crippen molar-refractivity contribution in [2.24, 2.45) is 17.8 Å². The molecule has 5 unspecified atom stereocenters. The van der Waals surface area contributed by atoms with E-state index < -0.39 is 125 Å². The second-order valence-electron chi connectivity index (χ2n) is 25.0. The minimum absolute atomic E-state index is 0.00421. The molecule has 1 saturated carbocycles. The number of carboxylic acids is 3. The van der Waals surface area contributed by atoms with Crippen LogP contribution in [0.3, 0.4) is 0 Å². The number of aldehydes is 1. The summed E-state index contributed by atoms with van der Waals surface area (Å²) in [5.41, 5.74) is -0.409. The Kier molecular flexibility index (Phi) is 32.0. The molecule has 3 aromatic rings. The van der Waals surface area contributed by atoms with E-state index in [0.29, 0.717) is 50.0 Å². The molecule has 32 nitrogen and oxygen atoms in total. The number of benzene rings is 1. The lowest BCUT2D eigenvalue weighted by Gasteiger charge is -2.43. The molecule has 2 aliphatic rings. The Morgan fingerprint density at radius 1 is 0.701 bits per heavy atom. The molecule has 0 bridgehead atoms. The van der Waals surface area contributed by atoms with Gasteiger partial charge in [0.05, 0.1) is 70.8 Å². The number of rotatable bonds is 42. The highest BCUT2D eigenvalue weighted by molar-refractivity contribution is 5.98. The summed E-state index contributed by atoms with van der Waals surface area (Å²) in [6.45, 7) is 7.53. The summed E-state index contributed by atoms with van der Waals surface area (Å²) in [7, 11) is 1.78. The van der Waals surface area contributed by atoms with Gasteiger partial charge in [0, 0.05) is 83.3 Å². The number of fused-ring (bicyclic) bond motifs is 1. The molecule has 32 heteroatoms. The van der Waals surface area contributed by atoms with Gasteiger partial charge in [0.25, 0.3) is 10.9 Å². The van der Waals surface area contributed by atoms with Crippen molar-refractivity contribution >= 4 is 82.6 Å². The molecular weight excluding hydrogens is 1270 g/mol. The lowest BCUT2D eigenvalue weighted by molar-refractivity contribution is -0.927. The number of quaternary nitrogens is 1. The van der Waals surface area contributed by atoms with Crippen LogP contribution in [0.4, 0.5) is 11.4 Å². The molecule has 6 amide bonds. The number of carbonyl (C=O) groups is 12. The smallest absolute Gasteiger partial charge is 0.317 e. The van der Waals surface area contributed by atoms with Crippen molar-refractivity contribution in [1.29, 1.82) is 0 Å². The summed E-state index contributed by atoms with van der Waals surface area (Å²) in [4.78, 5) is 189. The number of carbonyl (C=O) groups excluding carboxylic acids is 11. The van der Waals surface area contributed by atoms with Crippen LogP contribution in [0.15, 0.2) is 52.4 Å². The molecule has 97 heavy (non-hydrogen) atoms. The number of H-pyrrole nitrogens is 1. The first-order valence-corrected chi connectivity index (χ1v) is 32.8. The van der Waals surface area contributed by atoms with Crippen LogP contribution in [-0.4, -0.2) is 242 Å². The zero-order chi connectivity index (χ0) is 71.4. The number of nitrogens with one attached hydrogen (secondary N) is 9. The Morgan fingerprint density at radius 2 is 1.29 bits per heavy atom. The molecule has 0 radical (unpaired) electrons. The van der Waals surface area contributed by atoms with Gasteiger partial charge in [-0.3, -0.25) is 62.5 Å². The van der Waals surface area contributed by atoms with Crippen LogP contribution in [0.5, 0.6) is 0 Å². The van der Waals surface area contributed by atoms with Crippen LogP contribution < -0.4 is 63.6 Å². The van der Waals surface area contributed by atoms with Gasteiger partial charge in [-0.15, -0.1) is 0 Å². The second-order valence-corrected chi connectivity index (χ2v) is 25.0. The predicted molar refractivity (Wildman–Crippen MR) is 346 cm³/mol. The van der Waals surface area contributed by atoms with E-state index in [0.717, 1.165) is 6.29 Å². The average Bonchev–Trinajstić information content (AvgIpc) is 1.71. The number of hydrogen-bond donors (Lipinski definition) is 10. The molecule has 10 N–H and O–H groups in total. The van der Waals surface area contributed by atoms with Crippen LogP contribution in [0, 0.1) is 17.8 Å². The molecular formula is C65H94N13O19-. The molecule has 1 saturated heterocycles. The van der Waals surface area contributed by atoms with Crippen molar-refractivity contribution in [1.82, 2.24) is 51.7 Å². The maximum Gasteiger partial charge on any atom is 0.317 e. The van der Waals surface area contributed by atoms with Crippen molar-refractivity contribution in [2.45, 2.75) is 141 Å². The fourth-order valence-corrected chi connectivity index (χ4v) is 12.1. The molecule has 2 heterocycles. The molecule has 1 aromatic heterocycles. The highest BCUT2D eigenvalue weighted by Gasteiger charge is 2.50. The van der Waals surface area contributed by atoms with E-state index in [-0.39, 0.29) is 144 Å². The first-order chi connectivity index (χ1) is 46.2. The molecule has 1 aliphatic carbocycles. The Hall–Kier alpha value is -8.85. The second kappa shape index (κ2) is 39.4. The molecule has 11 atom stereocenters. The maximum atomic E-state index is 14.0. The quantitative estimate of drug-likeness (QED) is 0.0111. The fraction of sp³-hybridized carbons (Fsp3) is 0.615. The van der Waals surface area contributed by atoms with Gasteiger partial charge in [-0.25, -0.2) is 4.98 Å². The normalized spacial score (nSPS) is 19.7. The van der Waals surface area contributed by atoms with Gasteiger partial charge in [0.1, 0.15) is 66.3 Å². The number of aromatic amines is 1. The Morgan fingerprint density at radius 3 is 1.89 bits per heavy atom. The third-order valence-corrected chi connectivity index (χ3v) is 17.7. The van der Waals surface area contributed by atoms with E-state index in [1.807, 2.05) is 0 Å². The summed E-state index contributed by atoms with van der Waals surface area (Å²) >= 11 is 0. The molecule has 2 fully saturated rings. The molecule has 5 rings (SSSR count). The van der Waals surface area contributed by atoms with Gasteiger partial charge < -0.3 is 91.2 Å². The Balaban J connectivity index is 1.07. The number of nitrogens with zero attached hydrogens (tertiary/aromatic N) is 4. The monoisotopic (exact) mass is 1360 g/mol. The first-order valence-electron chi connectivity index (χ1n) is 32.8. The Bertz CT molecular complexity index is 3240. The van der Waals surface area contributed by atoms with E-state index >= 15 is 0 Å². The minimum Gasteiger partial charge on any atom is -0.549 e. The van der Waals surface area contributed by atoms with Crippen molar-refractivity contribution in [3.8, 4) is 0 Å². The zero-order valence-electron chi connectivity index (χ0n) is 55.9. The van der Waals surface area contributed by atoms with Crippen molar-refractivity contribution in [3.05, 3.63) is 74.6 Å². The highest BCUT2D eigenvalue weighted by Crippen LogP contribution is 2.53. The van der Waals surface area contributed by atoms with E-state index in [2.05, 4.69) is 52.5 Å². The Labute approximate surface area is 562 Å². The summed E-state index contributed by atoms with van der Waals surface area (Å²) in [5, 5.41) is 55.5. The standard InChI is InChI=1S/C65H95N13O19/c1-7-47(41(5)81)72-63(92)50(32-42-13-10-9-11-14-42)75-61(90)48(8-2)73-64(93)51(33-43-34-66-38-69-43)74-60(89)40(4)70-62(91)49(31-39(3)80)71-53(82)37-97-30-29-96-28-20-68-57-56(58(87)59(57)88)67-19-12-15-52(65(94)95)78(6)25-17-45-44(46(45)18-27-79)16-21-76(35-54(83)84)22-23-77(24-26-78)36-55(85)86/h9-11,13-14,27,34,38,40,44-52H,7-8,12,15-26,28-33,35-37H2,1-6H3,(H11-,66,67,68,69,70,71,72,73,74,75,82,83,84,85,86,87,88,89,90,91,92,93,94,95)/p-1/t40-,44?,45?,46?,47-,48-,49-,50-,51-,52?,78?/m0/s1. The van der Waals surface area contributed by atoms with Crippen molar-refractivity contribution in [3.63, 3.8) is 0 Å². The average molecular weight is 1360 g/mol. The molecule has 534 valence electrons. The maximum absolute atomic E-state index is 14.0. The number of imidazole rings is 1. The first kappa shape index (κ1) is 78.8. The number of ketones is 2. The topological polar surface area (TPSA) is 455 Å². The molecule has 2 aromatic carbocycles. The largest absolute Gasteiger partial charge is 0.549 e. The minimum atomic E-state index is -1.46. The predicted octanol–water partition coefficient (Wildman–Crippen LogP) is -4.31. The van der Waals surface area contributed by atoms with E-state index in [9.17, 15) is 82.4 Å². The number of carboxylic acid groups (broad SMARTS) is 3. The van der Waals surface area contributed by atoms with Crippen molar-refractivity contribution < 1.29 is 86.8 Å². The summed E-state index contributed by atoms with van der Waals surface area (Å²) in [6.07, 6.45) is 5.26. The zero-order valence-corrected chi connectivity index (χ0v) is 55.9. The van der Waals surface area contributed by atoms with E-state index in [1.54, 1.807) is 61.0 Å². The molecule has 1 aliphatic heterocycles. The van der Waals surface area contributed by atoms with Gasteiger partial charge in [0.15, 0.2) is 5.78 Å². The number of hydrogen-bond acceptors (Lipinski definition) is 23. The van der Waals surface area contributed by atoms with Gasteiger partial charge >= 0.3 is 5.97 Å². The lowest BCUT2D eigenvalue weighted by Crippen LogP contribution is -2.62. The number of anilines is 2. The number of aromatic nitrogens is 2. The fourth-order valence-electron chi connectivity index (χ4n) is 12.1. The van der Waals surface area contributed by atoms with Gasteiger partial charge in [-0.1, -0.05) is 44.2 Å². The van der Waals surface area contributed by atoms with Crippen LogP contribution in [0.25, 0.3) is 0 Å². The highest BCUT2D eigenvalue weighted by atomic mass is 16.5. The van der Waals surface area contributed by atoms with Crippen LogP contribution in [0.1, 0.15) is 97.2 Å². The lowest BCUT2D eigenvalue weighted by atomic mass is 10.0. The van der Waals surface area contributed by atoms with Gasteiger partial charge in [-0.2, -0.15) is 0 Å². The summed E-state index contributed by atoms with van der Waals surface area (Å²) in [5.74, 6) is -8.86. The number of amides is 6. The van der Waals surface area contributed by atoms with Crippen LogP contribution >= 0.6 is 0 Å². The SMILES string of the molecule is CC[C@H](NC(=O)[C@H](Cc1ccccc1)NC(=O)[C@H](CC)NC(=O)[C@H](Cc1cnc[nH]1)NC(=O)[C@H](C)NC(=O)[C@H](CC(C)=O)NC(=O)COCCOCCNc1c(NCCCC(C(=O)[O-])[N+]2(C)CCC3C(CC=O)C3CCN(CC(=O)[O-])CCN(CC(=O)O)CC2)c(=O)c1=O)C(C)=O. The van der Waals surface area contributed by atoms with Crippen molar-refractivity contribution in [2.75, 3.05) is 110 Å². The third kappa shape index (κ3) is 25.6.